The highest BCUT2D eigenvalue weighted by atomic mass is 32.1. The molecule has 1 unspecified atom stereocenters. The number of halogens is 1. The van der Waals surface area contributed by atoms with Crippen molar-refractivity contribution in [2.45, 2.75) is 19.4 Å². The molecule has 0 aliphatic heterocycles. The largest absolute Gasteiger partial charge is 0.494 e. The van der Waals surface area contributed by atoms with E-state index in [1.54, 1.807) is 24.4 Å². The molecule has 0 fully saturated rings. The summed E-state index contributed by atoms with van der Waals surface area (Å²) in [7, 11) is 1.42. The van der Waals surface area contributed by atoms with Gasteiger partial charge in [-0.25, -0.2) is 9.37 Å². The third-order valence-corrected chi connectivity index (χ3v) is 3.66. The van der Waals surface area contributed by atoms with Crippen LogP contribution in [0, 0.1) is 12.7 Å². The highest BCUT2D eigenvalue weighted by molar-refractivity contribution is 7.11. The molecule has 0 radical (unpaired) electrons. The number of aromatic nitrogens is 1. The Morgan fingerprint density at radius 3 is 2.89 bits per heavy atom. The Labute approximate surface area is 109 Å². The minimum atomic E-state index is -0.738. The van der Waals surface area contributed by atoms with Gasteiger partial charge in [0, 0.05) is 12.6 Å². The van der Waals surface area contributed by atoms with Crippen molar-refractivity contribution in [1.82, 2.24) is 4.98 Å². The molecular weight excluding hydrogens is 253 g/mol. The number of hydrogen-bond donors (Lipinski definition) is 1. The van der Waals surface area contributed by atoms with E-state index in [2.05, 4.69) is 4.98 Å². The Kier molecular flexibility index (Phi) is 3.93. The van der Waals surface area contributed by atoms with Gasteiger partial charge < -0.3 is 9.84 Å². The average molecular weight is 267 g/mol. The fraction of sp³-hybridized carbons (Fsp3) is 0.308. The van der Waals surface area contributed by atoms with Gasteiger partial charge in [0.15, 0.2) is 11.6 Å². The van der Waals surface area contributed by atoms with Crippen LogP contribution in [0.1, 0.15) is 21.6 Å². The van der Waals surface area contributed by atoms with Crippen LogP contribution in [0.4, 0.5) is 4.39 Å². The molecule has 5 heteroatoms. The number of aliphatic hydroxyl groups excluding tert-OH is 1. The Bertz CT molecular complexity index is 542. The number of aryl methyl sites for hydroxylation is 1. The van der Waals surface area contributed by atoms with Crippen molar-refractivity contribution in [3.63, 3.8) is 0 Å². The number of rotatable bonds is 4. The van der Waals surface area contributed by atoms with Crippen molar-refractivity contribution < 1.29 is 14.2 Å². The number of ether oxygens (including phenoxy) is 1. The van der Waals surface area contributed by atoms with Gasteiger partial charge in [-0.1, -0.05) is 12.1 Å². The standard InChI is InChI=1S/C13H14FNO2S/c1-8-15-7-12(18-8)10(16)6-9-4-3-5-11(17-2)13(9)14/h3-5,7,10,16H,6H2,1-2H3. The van der Waals surface area contributed by atoms with Gasteiger partial charge >= 0.3 is 0 Å². The van der Waals surface area contributed by atoms with Gasteiger partial charge in [-0.2, -0.15) is 0 Å². The minimum Gasteiger partial charge on any atom is -0.494 e. The van der Waals surface area contributed by atoms with Crippen LogP contribution >= 0.6 is 11.3 Å². The van der Waals surface area contributed by atoms with Crippen LogP contribution in [0.15, 0.2) is 24.4 Å². The molecule has 1 aromatic carbocycles. The van der Waals surface area contributed by atoms with Crippen LogP contribution in [0.2, 0.25) is 0 Å². The zero-order valence-corrected chi connectivity index (χ0v) is 11.0. The highest BCUT2D eigenvalue weighted by Crippen LogP contribution is 2.27. The third kappa shape index (κ3) is 2.68. The van der Waals surface area contributed by atoms with E-state index in [4.69, 9.17) is 4.74 Å². The molecule has 0 amide bonds. The molecule has 1 atom stereocenters. The van der Waals surface area contributed by atoms with Gasteiger partial charge in [-0.05, 0) is 18.6 Å². The van der Waals surface area contributed by atoms with Crippen LogP contribution in [-0.4, -0.2) is 17.2 Å². The molecule has 0 aliphatic rings. The molecule has 1 N–H and O–H groups in total. The molecule has 0 aliphatic carbocycles. The van der Waals surface area contributed by atoms with Crippen LogP contribution in [0.25, 0.3) is 0 Å². The Hall–Kier alpha value is -1.46. The van der Waals surface area contributed by atoms with Gasteiger partial charge in [-0.15, -0.1) is 11.3 Å². The Morgan fingerprint density at radius 1 is 1.50 bits per heavy atom. The molecule has 18 heavy (non-hydrogen) atoms. The SMILES string of the molecule is COc1cccc(CC(O)c2cnc(C)s2)c1F. The summed E-state index contributed by atoms with van der Waals surface area (Å²) in [5, 5.41) is 10.9. The number of benzene rings is 1. The van der Waals surface area contributed by atoms with E-state index in [0.717, 1.165) is 9.88 Å². The lowest BCUT2D eigenvalue weighted by molar-refractivity contribution is 0.180. The summed E-state index contributed by atoms with van der Waals surface area (Å²) in [5.41, 5.74) is 0.438. The second-order valence-corrected chi connectivity index (χ2v) is 5.20. The first-order valence-corrected chi connectivity index (χ1v) is 6.35. The van der Waals surface area contributed by atoms with Crippen LogP contribution in [0.3, 0.4) is 0 Å². The fourth-order valence-corrected chi connectivity index (χ4v) is 2.48. The minimum absolute atomic E-state index is 0.195. The number of methoxy groups -OCH3 is 1. The maximum absolute atomic E-state index is 13.9. The maximum atomic E-state index is 13.9. The van der Waals surface area contributed by atoms with E-state index >= 15 is 0 Å². The van der Waals surface area contributed by atoms with E-state index in [9.17, 15) is 9.50 Å². The molecule has 1 aromatic heterocycles. The normalized spacial score (nSPS) is 12.4. The monoisotopic (exact) mass is 267 g/mol. The van der Waals surface area contributed by atoms with E-state index < -0.39 is 11.9 Å². The van der Waals surface area contributed by atoms with Crippen molar-refractivity contribution in [2.24, 2.45) is 0 Å². The summed E-state index contributed by atoms with van der Waals surface area (Å²) in [4.78, 5) is 4.82. The van der Waals surface area contributed by atoms with Crippen molar-refractivity contribution in [3.8, 4) is 5.75 Å². The molecule has 2 aromatic rings. The summed E-state index contributed by atoms with van der Waals surface area (Å²) >= 11 is 1.42. The van der Waals surface area contributed by atoms with Crippen LogP contribution in [0.5, 0.6) is 5.75 Å². The molecule has 2 rings (SSSR count). The second kappa shape index (κ2) is 5.46. The fourth-order valence-electron chi connectivity index (χ4n) is 1.71. The van der Waals surface area contributed by atoms with Gasteiger partial charge in [0.05, 0.1) is 23.1 Å². The number of hydrogen-bond acceptors (Lipinski definition) is 4. The quantitative estimate of drug-likeness (QED) is 0.926. The van der Waals surface area contributed by atoms with Gasteiger partial charge in [0.25, 0.3) is 0 Å². The van der Waals surface area contributed by atoms with Crippen molar-refractivity contribution in [1.29, 1.82) is 0 Å². The van der Waals surface area contributed by atoms with E-state index in [1.807, 2.05) is 6.92 Å². The van der Waals surface area contributed by atoms with Gasteiger partial charge in [-0.3, -0.25) is 0 Å². The first kappa shape index (κ1) is 13.0. The van der Waals surface area contributed by atoms with Crippen LogP contribution < -0.4 is 4.74 Å². The number of nitrogens with zero attached hydrogens (tertiary/aromatic N) is 1. The first-order chi connectivity index (χ1) is 8.61. The molecule has 1 heterocycles. The smallest absolute Gasteiger partial charge is 0.168 e. The molecule has 0 saturated heterocycles. The molecule has 0 bridgehead atoms. The van der Waals surface area contributed by atoms with Crippen molar-refractivity contribution in [2.75, 3.05) is 7.11 Å². The average Bonchev–Trinajstić information content (AvgIpc) is 2.78. The summed E-state index contributed by atoms with van der Waals surface area (Å²) in [6.07, 6.45) is 1.10. The van der Waals surface area contributed by atoms with Gasteiger partial charge in [0.2, 0.25) is 0 Å². The predicted molar refractivity (Wildman–Crippen MR) is 68.5 cm³/mol. The lowest BCUT2D eigenvalue weighted by Crippen LogP contribution is -2.03. The molecule has 0 spiro atoms. The Balaban J connectivity index is 2.19. The van der Waals surface area contributed by atoms with E-state index in [1.165, 1.54) is 18.4 Å². The second-order valence-electron chi connectivity index (χ2n) is 3.93. The lowest BCUT2D eigenvalue weighted by Gasteiger charge is -2.10. The maximum Gasteiger partial charge on any atom is 0.168 e. The molecule has 96 valence electrons. The summed E-state index contributed by atoms with van der Waals surface area (Å²) in [6, 6.07) is 4.92. The van der Waals surface area contributed by atoms with Crippen LogP contribution in [-0.2, 0) is 6.42 Å². The zero-order chi connectivity index (χ0) is 13.1. The summed E-state index contributed by atoms with van der Waals surface area (Å²) in [6.45, 7) is 1.87. The predicted octanol–water partition coefficient (Wildman–Crippen LogP) is 2.88. The van der Waals surface area contributed by atoms with Crippen molar-refractivity contribution >= 4 is 11.3 Å². The molecular formula is C13H14FNO2S. The highest BCUT2D eigenvalue weighted by Gasteiger charge is 2.16. The molecule has 0 saturated carbocycles. The summed E-state index contributed by atoms with van der Waals surface area (Å²) in [5.74, 6) is -0.222. The van der Waals surface area contributed by atoms with E-state index in [0.29, 0.717) is 5.56 Å². The van der Waals surface area contributed by atoms with Crippen molar-refractivity contribution in [3.05, 3.63) is 45.7 Å². The lowest BCUT2D eigenvalue weighted by atomic mass is 10.1. The third-order valence-electron chi connectivity index (χ3n) is 2.64. The molecule has 3 nitrogen and oxygen atoms in total. The topological polar surface area (TPSA) is 42.4 Å². The first-order valence-electron chi connectivity index (χ1n) is 5.53. The Morgan fingerprint density at radius 2 is 2.28 bits per heavy atom. The number of aliphatic hydroxyl groups is 1. The van der Waals surface area contributed by atoms with Gasteiger partial charge in [0.1, 0.15) is 0 Å². The zero-order valence-electron chi connectivity index (χ0n) is 10.2. The van der Waals surface area contributed by atoms with E-state index in [-0.39, 0.29) is 12.2 Å². The summed E-state index contributed by atoms with van der Waals surface area (Å²) < 4.78 is 18.8. The number of thiazole rings is 1.